The van der Waals surface area contributed by atoms with E-state index in [-0.39, 0.29) is 16.2 Å². The Morgan fingerprint density at radius 1 is 0.410 bits per heavy atom. The highest BCUT2D eigenvalue weighted by Gasteiger charge is 2.20. The summed E-state index contributed by atoms with van der Waals surface area (Å²) in [7, 11) is 0. The minimum absolute atomic E-state index is 0.110. The van der Waals surface area contributed by atoms with Gasteiger partial charge in [-0.25, -0.2) is 0 Å². The highest BCUT2D eigenvalue weighted by atomic mass is 14.2. The van der Waals surface area contributed by atoms with Crippen molar-refractivity contribution in [2.45, 2.75) is 132 Å². The Kier molecular flexibility index (Phi) is 9.01. The van der Waals surface area contributed by atoms with E-state index in [0.717, 1.165) is 19.3 Å². The minimum Gasteiger partial charge on any atom is -0.0602 e. The Balaban J connectivity index is 2.03. The molecular formula is C39H56. The number of hydrogen-bond donors (Lipinski definition) is 0. The van der Waals surface area contributed by atoms with Gasteiger partial charge in [-0.1, -0.05) is 143 Å². The van der Waals surface area contributed by atoms with Crippen LogP contribution in [0, 0.1) is 12.3 Å². The average molecular weight is 525 g/mol. The molecule has 3 rings (SSSR count). The van der Waals surface area contributed by atoms with Gasteiger partial charge in [0.1, 0.15) is 0 Å². The standard InChI is InChI=1S/C39H56/c1-27-16-29(23-33(17-27)37(5,6)7)19-31-21-32(26-35(25-31)39(11,12)13)20-30-18-28(14-15-36(2,3)4)22-34(24-30)38(8,9)10/h16-18,21-26H,14-15,19-20H2,1-13H3. The van der Waals surface area contributed by atoms with Crippen molar-refractivity contribution in [3.63, 3.8) is 0 Å². The molecular weight excluding hydrogens is 468 g/mol. The highest BCUT2D eigenvalue weighted by molar-refractivity contribution is 5.43. The van der Waals surface area contributed by atoms with E-state index in [1.807, 2.05) is 0 Å². The summed E-state index contributed by atoms with van der Waals surface area (Å²) in [5.74, 6) is 0. The molecule has 0 N–H and O–H groups in total. The first-order valence-corrected chi connectivity index (χ1v) is 15.1. The molecule has 212 valence electrons. The zero-order valence-corrected chi connectivity index (χ0v) is 27.5. The summed E-state index contributed by atoms with van der Waals surface area (Å²) in [6.45, 7) is 30.2. The second-order valence-corrected chi connectivity index (χ2v) is 16.4. The Morgan fingerprint density at radius 3 is 1.13 bits per heavy atom. The summed E-state index contributed by atoms with van der Waals surface area (Å²) in [5, 5.41) is 0. The molecule has 0 atom stereocenters. The van der Waals surface area contributed by atoms with Crippen molar-refractivity contribution in [1.82, 2.24) is 0 Å². The van der Waals surface area contributed by atoms with Gasteiger partial charge in [-0.3, -0.25) is 0 Å². The van der Waals surface area contributed by atoms with Gasteiger partial charge in [-0.15, -0.1) is 0 Å². The van der Waals surface area contributed by atoms with Crippen molar-refractivity contribution in [3.8, 4) is 0 Å². The summed E-state index contributed by atoms with van der Waals surface area (Å²) in [6, 6.07) is 21.9. The number of hydrogen-bond acceptors (Lipinski definition) is 0. The molecule has 0 fully saturated rings. The van der Waals surface area contributed by atoms with Crippen LogP contribution in [-0.2, 0) is 35.5 Å². The molecule has 0 spiro atoms. The van der Waals surface area contributed by atoms with Crippen molar-refractivity contribution >= 4 is 0 Å². The molecule has 3 aromatic carbocycles. The fourth-order valence-corrected chi connectivity index (χ4v) is 5.23. The zero-order chi connectivity index (χ0) is 29.4. The molecule has 0 heterocycles. The second kappa shape index (κ2) is 11.3. The van der Waals surface area contributed by atoms with E-state index in [1.54, 1.807) is 0 Å². The summed E-state index contributed by atoms with van der Waals surface area (Å²) in [6.07, 6.45) is 4.29. The van der Waals surface area contributed by atoms with Gasteiger partial charge in [0, 0.05) is 0 Å². The molecule has 3 aromatic rings. The highest BCUT2D eigenvalue weighted by Crippen LogP contribution is 2.31. The first-order valence-electron chi connectivity index (χ1n) is 15.1. The van der Waals surface area contributed by atoms with Gasteiger partial charge in [0.05, 0.1) is 0 Å². The second-order valence-electron chi connectivity index (χ2n) is 16.4. The van der Waals surface area contributed by atoms with Crippen LogP contribution in [0.4, 0.5) is 0 Å². The Bertz CT molecular complexity index is 1270. The maximum atomic E-state index is 2.47. The van der Waals surface area contributed by atoms with Crippen LogP contribution in [0.3, 0.4) is 0 Å². The van der Waals surface area contributed by atoms with Crippen LogP contribution in [0.2, 0.25) is 0 Å². The van der Waals surface area contributed by atoms with E-state index in [1.165, 1.54) is 56.5 Å². The molecule has 0 aliphatic rings. The van der Waals surface area contributed by atoms with Crippen LogP contribution in [0.5, 0.6) is 0 Å². The van der Waals surface area contributed by atoms with E-state index < -0.39 is 0 Å². The molecule has 0 saturated heterocycles. The van der Waals surface area contributed by atoms with E-state index in [0.29, 0.717) is 5.41 Å². The van der Waals surface area contributed by atoms with Crippen LogP contribution in [0.25, 0.3) is 0 Å². The Morgan fingerprint density at radius 2 is 0.744 bits per heavy atom. The van der Waals surface area contributed by atoms with Crippen LogP contribution in [0.15, 0.2) is 54.6 Å². The van der Waals surface area contributed by atoms with Gasteiger partial charge in [0.2, 0.25) is 0 Å². The zero-order valence-electron chi connectivity index (χ0n) is 27.5. The van der Waals surface area contributed by atoms with Gasteiger partial charge in [-0.05, 0) is 98.8 Å². The normalized spacial score (nSPS) is 13.2. The molecule has 0 aromatic heterocycles. The van der Waals surface area contributed by atoms with Gasteiger partial charge < -0.3 is 0 Å². The number of rotatable bonds is 6. The van der Waals surface area contributed by atoms with E-state index in [4.69, 9.17) is 0 Å². The predicted octanol–water partition coefficient (Wildman–Crippen LogP) is 11.0. The van der Waals surface area contributed by atoms with Gasteiger partial charge in [0.15, 0.2) is 0 Å². The maximum absolute atomic E-state index is 2.47. The predicted molar refractivity (Wildman–Crippen MR) is 174 cm³/mol. The lowest BCUT2D eigenvalue weighted by molar-refractivity contribution is 0.378. The number of benzene rings is 3. The summed E-state index contributed by atoms with van der Waals surface area (Å²) in [4.78, 5) is 0. The largest absolute Gasteiger partial charge is 0.0602 e. The van der Waals surface area contributed by atoms with Crippen LogP contribution >= 0.6 is 0 Å². The quantitative estimate of drug-likeness (QED) is 0.301. The topological polar surface area (TPSA) is 0 Å². The average Bonchev–Trinajstić information content (AvgIpc) is 2.75. The van der Waals surface area contributed by atoms with Crippen molar-refractivity contribution < 1.29 is 0 Å². The first-order chi connectivity index (χ1) is 17.7. The third-order valence-electron chi connectivity index (χ3n) is 7.82. The van der Waals surface area contributed by atoms with Crippen LogP contribution in [-0.4, -0.2) is 0 Å². The third-order valence-corrected chi connectivity index (χ3v) is 7.82. The minimum atomic E-state index is 0.110. The molecule has 0 aliphatic heterocycles. The third kappa shape index (κ3) is 9.37. The van der Waals surface area contributed by atoms with Crippen molar-refractivity contribution in [1.29, 1.82) is 0 Å². The van der Waals surface area contributed by atoms with Gasteiger partial charge in [-0.2, -0.15) is 0 Å². The van der Waals surface area contributed by atoms with Gasteiger partial charge >= 0.3 is 0 Å². The molecule has 0 saturated carbocycles. The Hall–Kier alpha value is -2.34. The summed E-state index contributed by atoms with van der Waals surface area (Å²) >= 11 is 0. The van der Waals surface area contributed by atoms with Crippen LogP contribution < -0.4 is 0 Å². The van der Waals surface area contributed by atoms with Crippen LogP contribution in [0.1, 0.15) is 140 Å². The summed E-state index contributed by atoms with van der Waals surface area (Å²) in [5.41, 5.74) is 13.6. The van der Waals surface area contributed by atoms with Crippen molar-refractivity contribution in [2.24, 2.45) is 5.41 Å². The molecule has 0 bridgehead atoms. The lowest BCUT2D eigenvalue weighted by Crippen LogP contribution is -2.14. The molecule has 0 nitrogen and oxygen atoms in total. The SMILES string of the molecule is Cc1cc(Cc2cc(Cc3cc(CCC(C)(C)C)cc(C(C)(C)C)c3)cc(C(C)(C)C)c2)cc(C(C)(C)C)c1. The first kappa shape index (κ1) is 31.2. The summed E-state index contributed by atoms with van der Waals surface area (Å²) < 4.78 is 0. The lowest BCUT2D eigenvalue weighted by Gasteiger charge is -2.24. The fourth-order valence-electron chi connectivity index (χ4n) is 5.23. The smallest absolute Gasteiger partial charge is 0.00254 e. The molecule has 0 amide bonds. The van der Waals surface area contributed by atoms with E-state index in [2.05, 4.69) is 145 Å². The lowest BCUT2D eigenvalue weighted by atomic mass is 9.81. The van der Waals surface area contributed by atoms with E-state index >= 15 is 0 Å². The fraction of sp³-hybridized carbons (Fsp3) is 0.538. The van der Waals surface area contributed by atoms with Crippen molar-refractivity contribution in [2.75, 3.05) is 0 Å². The maximum Gasteiger partial charge on any atom is -0.00254 e. The molecule has 0 radical (unpaired) electrons. The number of aryl methyl sites for hydroxylation is 2. The Labute approximate surface area is 241 Å². The van der Waals surface area contributed by atoms with Crippen molar-refractivity contribution in [3.05, 3.63) is 105 Å². The van der Waals surface area contributed by atoms with Gasteiger partial charge in [0.25, 0.3) is 0 Å². The molecule has 39 heavy (non-hydrogen) atoms. The molecule has 0 aliphatic carbocycles. The molecule has 0 heteroatoms. The monoisotopic (exact) mass is 524 g/mol. The molecule has 0 unspecified atom stereocenters. The van der Waals surface area contributed by atoms with E-state index in [9.17, 15) is 0 Å².